The highest BCUT2D eigenvalue weighted by Crippen LogP contribution is 2.27. The summed E-state index contributed by atoms with van der Waals surface area (Å²) in [5.41, 5.74) is 1.16. The first-order valence-corrected chi connectivity index (χ1v) is 7.07. The van der Waals surface area contributed by atoms with Gasteiger partial charge in [0.2, 0.25) is 5.91 Å². The van der Waals surface area contributed by atoms with Crippen molar-refractivity contribution in [2.45, 2.75) is 6.42 Å². The zero-order valence-corrected chi connectivity index (χ0v) is 12.5. The highest BCUT2D eigenvalue weighted by molar-refractivity contribution is 6.31. The SMILES string of the molecule is O=C(Cc1cn2ccccc2n1)Nc1ccc(Cl)cc1[N+](=O)[O-]. The van der Waals surface area contributed by atoms with Crippen molar-refractivity contribution in [3.8, 4) is 0 Å². The van der Waals surface area contributed by atoms with Gasteiger partial charge in [-0.15, -0.1) is 0 Å². The van der Waals surface area contributed by atoms with Crippen molar-refractivity contribution >= 4 is 34.5 Å². The second-order valence-electron chi connectivity index (χ2n) is 4.84. The number of imidazole rings is 1. The number of nitro groups is 1. The first-order chi connectivity index (χ1) is 11.0. The number of aromatic nitrogens is 2. The number of rotatable bonds is 4. The lowest BCUT2D eigenvalue weighted by Crippen LogP contribution is -2.15. The Morgan fingerprint density at radius 3 is 2.91 bits per heavy atom. The largest absolute Gasteiger partial charge is 0.320 e. The summed E-state index contributed by atoms with van der Waals surface area (Å²) in [6.45, 7) is 0. The minimum Gasteiger partial charge on any atom is -0.320 e. The summed E-state index contributed by atoms with van der Waals surface area (Å²) in [6, 6.07) is 9.61. The molecule has 0 saturated carbocycles. The van der Waals surface area contributed by atoms with Crippen LogP contribution < -0.4 is 5.32 Å². The van der Waals surface area contributed by atoms with Gasteiger partial charge < -0.3 is 9.72 Å². The van der Waals surface area contributed by atoms with E-state index < -0.39 is 4.92 Å². The van der Waals surface area contributed by atoms with Gasteiger partial charge in [0.05, 0.1) is 17.0 Å². The van der Waals surface area contributed by atoms with Crippen LogP contribution in [0.25, 0.3) is 5.65 Å². The van der Waals surface area contributed by atoms with E-state index in [0.29, 0.717) is 5.69 Å². The lowest BCUT2D eigenvalue weighted by molar-refractivity contribution is -0.383. The van der Waals surface area contributed by atoms with Crippen LogP contribution in [0.5, 0.6) is 0 Å². The topological polar surface area (TPSA) is 89.5 Å². The van der Waals surface area contributed by atoms with Crippen LogP contribution in [-0.4, -0.2) is 20.2 Å². The molecule has 23 heavy (non-hydrogen) atoms. The summed E-state index contributed by atoms with van der Waals surface area (Å²) in [5.74, 6) is -0.390. The van der Waals surface area contributed by atoms with Crippen LogP contribution in [0.15, 0.2) is 48.8 Å². The monoisotopic (exact) mass is 330 g/mol. The van der Waals surface area contributed by atoms with E-state index in [4.69, 9.17) is 11.6 Å². The van der Waals surface area contributed by atoms with Crippen molar-refractivity contribution in [3.63, 3.8) is 0 Å². The zero-order valence-electron chi connectivity index (χ0n) is 11.8. The quantitative estimate of drug-likeness (QED) is 0.588. The van der Waals surface area contributed by atoms with E-state index in [0.717, 1.165) is 5.65 Å². The average molecular weight is 331 g/mol. The van der Waals surface area contributed by atoms with Crippen LogP contribution in [0, 0.1) is 10.1 Å². The van der Waals surface area contributed by atoms with Crippen LogP contribution >= 0.6 is 11.6 Å². The molecule has 0 saturated heterocycles. The molecule has 2 heterocycles. The van der Waals surface area contributed by atoms with Crippen LogP contribution in [0.3, 0.4) is 0 Å². The number of fused-ring (bicyclic) bond motifs is 1. The molecular weight excluding hydrogens is 320 g/mol. The fraction of sp³-hybridized carbons (Fsp3) is 0.0667. The average Bonchev–Trinajstić information content (AvgIpc) is 2.90. The van der Waals surface area contributed by atoms with E-state index in [9.17, 15) is 14.9 Å². The standard InChI is InChI=1S/C15H11ClN4O3/c16-10-4-5-12(13(7-10)20(22)23)18-15(21)8-11-9-19-6-2-1-3-14(19)17-11/h1-7,9H,8H2,(H,18,21). The molecule has 0 aliphatic carbocycles. The molecule has 1 N–H and O–H groups in total. The zero-order chi connectivity index (χ0) is 16.4. The maximum Gasteiger partial charge on any atom is 0.294 e. The third-order valence-corrected chi connectivity index (χ3v) is 3.42. The van der Waals surface area contributed by atoms with Crippen molar-refractivity contribution in [3.05, 3.63) is 69.6 Å². The number of nitro benzene ring substituents is 1. The Kier molecular flexibility index (Phi) is 3.94. The molecule has 8 heteroatoms. The summed E-state index contributed by atoms with van der Waals surface area (Å²) < 4.78 is 1.80. The molecule has 0 aliphatic rings. The molecule has 2 aromatic heterocycles. The Morgan fingerprint density at radius 2 is 2.17 bits per heavy atom. The van der Waals surface area contributed by atoms with Crippen molar-refractivity contribution in [1.82, 2.24) is 9.38 Å². The molecule has 0 unspecified atom stereocenters. The van der Waals surface area contributed by atoms with Gasteiger partial charge in [-0.1, -0.05) is 17.7 Å². The predicted molar refractivity (Wildman–Crippen MR) is 85.6 cm³/mol. The van der Waals surface area contributed by atoms with Gasteiger partial charge in [-0.25, -0.2) is 4.98 Å². The van der Waals surface area contributed by atoms with Crippen molar-refractivity contribution in [1.29, 1.82) is 0 Å². The molecule has 0 radical (unpaired) electrons. The smallest absolute Gasteiger partial charge is 0.294 e. The van der Waals surface area contributed by atoms with Gasteiger partial charge in [-0.3, -0.25) is 14.9 Å². The first-order valence-electron chi connectivity index (χ1n) is 6.69. The van der Waals surface area contributed by atoms with Crippen molar-refractivity contribution < 1.29 is 9.72 Å². The molecule has 3 aromatic rings. The van der Waals surface area contributed by atoms with Crippen molar-refractivity contribution in [2.24, 2.45) is 0 Å². The van der Waals surface area contributed by atoms with Crippen LogP contribution in [0.4, 0.5) is 11.4 Å². The van der Waals surface area contributed by atoms with Gasteiger partial charge in [-0.05, 0) is 24.3 Å². The number of hydrogen-bond acceptors (Lipinski definition) is 4. The summed E-state index contributed by atoms with van der Waals surface area (Å²) >= 11 is 5.74. The molecule has 0 aliphatic heterocycles. The second-order valence-corrected chi connectivity index (χ2v) is 5.28. The molecule has 0 spiro atoms. The summed E-state index contributed by atoms with van der Waals surface area (Å²) in [5, 5.41) is 13.8. The third-order valence-electron chi connectivity index (χ3n) is 3.19. The third kappa shape index (κ3) is 3.29. The van der Waals surface area contributed by atoms with E-state index in [1.54, 1.807) is 10.6 Å². The Morgan fingerprint density at radius 1 is 1.35 bits per heavy atom. The Bertz CT molecular complexity index is 874. The Balaban J connectivity index is 1.78. The number of pyridine rings is 1. The Hall–Kier alpha value is -2.93. The van der Waals surface area contributed by atoms with Crippen LogP contribution in [0.2, 0.25) is 5.02 Å². The van der Waals surface area contributed by atoms with E-state index in [2.05, 4.69) is 10.3 Å². The normalized spacial score (nSPS) is 10.7. The molecule has 0 atom stereocenters. The summed E-state index contributed by atoms with van der Waals surface area (Å²) in [4.78, 5) is 26.8. The summed E-state index contributed by atoms with van der Waals surface area (Å²) in [7, 11) is 0. The maximum absolute atomic E-state index is 12.1. The van der Waals surface area contributed by atoms with Gasteiger partial charge in [0, 0.05) is 23.5 Å². The van der Waals surface area contributed by atoms with Gasteiger partial charge in [0.25, 0.3) is 5.69 Å². The number of hydrogen-bond donors (Lipinski definition) is 1. The molecule has 1 amide bonds. The van der Waals surface area contributed by atoms with E-state index in [-0.39, 0.29) is 28.7 Å². The Labute approximate surface area is 135 Å². The number of halogens is 1. The molecule has 3 rings (SSSR count). The number of nitrogens with one attached hydrogen (secondary N) is 1. The maximum atomic E-state index is 12.1. The minimum absolute atomic E-state index is 0.0153. The van der Waals surface area contributed by atoms with E-state index >= 15 is 0 Å². The van der Waals surface area contributed by atoms with Gasteiger partial charge in [0.1, 0.15) is 11.3 Å². The van der Waals surface area contributed by atoms with E-state index in [1.807, 2.05) is 24.4 Å². The van der Waals surface area contributed by atoms with E-state index in [1.165, 1.54) is 18.2 Å². The molecular formula is C15H11ClN4O3. The molecule has 0 bridgehead atoms. The van der Waals surface area contributed by atoms with Crippen LogP contribution in [-0.2, 0) is 11.2 Å². The lowest BCUT2D eigenvalue weighted by atomic mass is 10.2. The summed E-state index contributed by atoms with van der Waals surface area (Å²) in [6.07, 6.45) is 3.58. The molecule has 116 valence electrons. The second kappa shape index (κ2) is 6.05. The van der Waals surface area contributed by atoms with Crippen LogP contribution in [0.1, 0.15) is 5.69 Å². The molecule has 7 nitrogen and oxygen atoms in total. The fourth-order valence-corrected chi connectivity index (χ4v) is 2.36. The highest BCUT2D eigenvalue weighted by atomic mass is 35.5. The number of carbonyl (C=O) groups is 1. The number of nitrogens with zero attached hydrogens (tertiary/aromatic N) is 3. The molecule has 1 aromatic carbocycles. The predicted octanol–water partition coefficient (Wildman–Crippen LogP) is 3.08. The number of benzene rings is 1. The van der Waals surface area contributed by atoms with Gasteiger partial charge in [-0.2, -0.15) is 0 Å². The minimum atomic E-state index is -0.591. The fourth-order valence-electron chi connectivity index (χ4n) is 2.19. The van der Waals surface area contributed by atoms with Crippen molar-refractivity contribution in [2.75, 3.05) is 5.32 Å². The molecule has 0 fully saturated rings. The number of carbonyl (C=O) groups excluding carboxylic acids is 1. The highest BCUT2D eigenvalue weighted by Gasteiger charge is 2.17. The number of anilines is 1. The lowest BCUT2D eigenvalue weighted by Gasteiger charge is -2.05. The first kappa shape index (κ1) is 15.0. The number of amides is 1. The van der Waals surface area contributed by atoms with Gasteiger partial charge >= 0.3 is 0 Å². The van der Waals surface area contributed by atoms with Gasteiger partial charge in [0.15, 0.2) is 0 Å².